The van der Waals surface area contributed by atoms with Gasteiger partial charge in [-0.25, -0.2) is 0 Å². The van der Waals surface area contributed by atoms with Crippen LogP contribution >= 0.6 is 0 Å². The van der Waals surface area contributed by atoms with Crippen molar-refractivity contribution in [2.75, 3.05) is 11.9 Å². The zero-order valence-electron chi connectivity index (χ0n) is 13.0. The first kappa shape index (κ1) is 17.1. The molecule has 1 aromatic carbocycles. The number of nitrogens with zero attached hydrogens (tertiary/aromatic N) is 1. The van der Waals surface area contributed by atoms with E-state index in [0.717, 1.165) is 18.5 Å². The van der Waals surface area contributed by atoms with Gasteiger partial charge in [0.2, 0.25) is 5.91 Å². The summed E-state index contributed by atoms with van der Waals surface area (Å²) in [5.41, 5.74) is 1.95. The average molecular weight is 293 g/mol. The maximum Gasteiger partial charge on any atom is 0.274 e. The molecule has 116 valence electrons. The van der Waals surface area contributed by atoms with E-state index in [9.17, 15) is 14.9 Å². The van der Waals surface area contributed by atoms with E-state index >= 15 is 0 Å². The van der Waals surface area contributed by atoms with Gasteiger partial charge >= 0.3 is 0 Å². The largest absolute Gasteiger partial charge is 0.326 e. The van der Waals surface area contributed by atoms with Gasteiger partial charge in [-0.15, -0.1) is 0 Å². The Morgan fingerprint density at radius 3 is 2.52 bits per heavy atom. The molecule has 0 saturated carbocycles. The summed E-state index contributed by atoms with van der Waals surface area (Å²) >= 11 is 0. The van der Waals surface area contributed by atoms with Crippen molar-refractivity contribution in [3.8, 4) is 0 Å². The molecule has 0 heterocycles. The molecule has 0 unspecified atom stereocenters. The SMILES string of the molecule is Cc1cc(C)c([N+](=O)[O-])cc1NC(=O)CCCNC(C)C. The number of benzene rings is 1. The highest BCUT2D eigenvalue weighted by Crippen LogP contribution is 2.26. The Labute approximate surface area is 125 Å². The van der Waals surface area contributed by atoms with E-state index in [4.69, 9.17) is 0 Å². The Morgan fingerprint density at radius 1 is 1.29 bits per heavy atom. The van der Waals surface area contributed by atoms with Gasteiger partial charge in [-0.1, -0.05) is 13.8 Å². The van der Waals surface area contributed by atoms with Crippen molar-refractivity contribution in [2.45, 2.75) is 46.6 Å². The molecule has 0 aliphatic rings. The maximum absolute atomic E-state index is 11.9. The summed E-state index contributed by atoms with van der Waals surface area (Å²) in [6.07, 6.45) is 1.12. The molecule has 1 rings (SSSR count). The summed E-state index contributed by atoms with van der Waals surface area (Å²) in [5, 5.41) is 16.9. The summed E-state index contributed by atoms with van der Waals surface area (Å²) in [6.45, 7) is 8.39. The van der Waals surface area contributed by atoms with Crippen molar-refractivity contribution in [3.63, 3.8) is 0 Å². The molecule has 21 heavy (non-hydrogen) atoms. The van der Waals surface area contributed by atoms with Crippen molar-refractivity contribution in [1.29, 1.82) is 0 Å². The number of nitro benzene ring substituents is 1. The minimum absolute atomic E-state index is 0.0253. The molecule has 0 radical (unpaired) electrons. The van der Waals surface area contributed by atoms with Crippen LogP contribution in [0.2, 0.25) is 0 Å². The normalized spacial score (nSPS) is 10.7. The summed E-state index contributed by atoms with van der Waals surface area (Å²) in [5.74, 6) is -0.123. The van der Waals surface area contributed by atoms with Crippen LogP contribution in [0.25, 0.3) is 0 Å². The highest BCUT2D eigenvalue weighted by molar-refractivity contribution is 5.92. The highest BCUT2D eigenvalue weighted by Gasteiger charge is 2.14. The van der Waals surface area contributed by atoms with Crippen LogP contribution in [-0.2, 0) is 4.79 Å². The lowest BCUT2D eigenvalue weighted by Gasteiger charge is -2.10. The second-order valence-corrected chi connectivity index (χ2v) is 5.47. The fraction of sp³-hybridized carbons (Fsp3) is 0.533. The number of hydrogen-bond donors (Lipinski definition) is 2. The van der Waals surface area contributed by atoms with Gasteiger partial charge in [0, 0.05) is 24.1 Å². The van der Waals surface area contributed by atoms with E-state index < -0.39 is 4.92 Å². The smallest absolute Gasteiger partial charge is 0.274 e. The van der Waals surface area contributed by atoms with Crippen LogP contribution in [0.3, 0.4) is 0 Å². The topological polar surface area (TPSA) is 84.3 Å². The van der Waals surface area contributed by atoms with Crippen LogP contribution in [-0.4, -0.2) is 23.4 Å². The Balaban J connectivity index is 2.63. The van der Waals surface area contributed by atoms with E-state index in [1.165, 1.54) is 6.07 Å². The van der Waals surface area contributed by atoms with E-state index in [2.05, 4.69) is 24.5 Å². The van der Waals surface area contributed by atoms with Crippen molar-refractivity contribution >= 4 is 17.3 Å². The van der Waals surface area contributed by atoms with Gasteiger partial charge in [0.05, 0.1) is 10.6 Å². The van der Waals surface area contributed by atoms with E-state index in [-0.39, 0.29) is 11.6 Å². The number of nitrogens with one attached hydrogen (secondary N) is 2. The fourth-order valence-corrected chi connectivity index (χ4v) is 2.02. The molecule has 0 atom stereocenters. The first-order valence-corrected chi connectivity index (χ1v) is 7.10. The molecule has 1 amide bonds. The number of carbonyl (C=O) groups is 1. The van der Waals surface area contributed by atoms with Crippen LogP contribution in [0.1, 0.15) is 37.8 Å². The second kappa shape index (κ2) is 7.73. The molecule has 6 nitrogen and oxygen atoms in total. The molecule has 0 bridgehead atoms. The molecule has 0 aliphatic carbocycles. The minimum atomic E-state index is -0.434. The number of aryl methyl sites for hydroxylation is 2. The lowest BCUT2D eigenvalue weighted by atomic mass is 10.1. The first-order chi connectivity index (χ1) is 9.81. The highest BCUT2D eigenvalue weighted by atomic mass is 16.6. The molecule has 0 spiro atoms. The van der Waals surface area contributed by atoms with Gasteiger partial charge in [0.15, 0.2) is 0 Å². The Kier molecular flexibility index (Phi) is 6.30. The fourth-order valence-electron chi connectivity index (χ4n) is 2.02. The number of carbonyl (C=O) groups excluding carboxylic acids is 1. The summed E-state index contributed by atoms with van der Waals surface area (Å²) < 4.78 is 0. The molecule has 6 heteroatoms. The van der Waals surface area contributed by atoms with Crippen molar-refractivity contribution in [3.05, 3.63) is 33.4 Å². The van der Waals surface area contributed by atoms with Crippen molar-refractivity contribution in [1.82, 2.24) is 5.32 Å². The summed E-state index contributed by atoms with van der Waals surface area (Å²) in [7, 11) is 0. The zero-order chi connectivity index (χ0) is 16.0. The van der Waals surface area contributed by atoms with Crippen LogP contribution in [0.5, 0.6) is 0 Å². The van der Waals surface area contributed by atoms with Crippen LogP contribution in [0, 0.1) is 24.0 Å². The average Bonchev–Trinajstić information content (AvgIpc) is 2.37. The number of amides is 1. The maximum atomic E-state index is 11.9. The van der Waals surface area contributed by atoms with E-state index in [1.807, 2.05) is 6.92 Å². The predicted octanol–water partition coefficient (Wildman–Crippen LogP) is 2.93. The quantitative estimate of drug-likeness (QED) is 0.460. The Bertz CT molecular complexity index is 527. The van der Waals surface area contributed by atoms with Gasteiger partial charge in [-0.2, -0.15) is 0 Å². The number of anilines is 1. The molecule has 2 N–H and O–H groups in total. The standard InChI is InChI=1S/C15H23N3O3/c1-10(2)16-7-5-6-15(19)17-13-9-14(18(20)21)12(4)8-11(13)3/h8-10,16H,5-7H2,1-4H3,(H,17,19). The Hall–Kier alpha value is -1.95. The van der Waals surface area contributed by atoms with Crippen LogP contribution < -0.4 is 10.6 Å². The predicted molar refractivity (Wildman–Crippen MR) is 83.6 cm³/mol. The van der Waals surface area contributed by atoms with Crippen LogP contribution in [0.15, 0.2) is 12.1 Å². The lowest BCUT2D eigenvalue weighted by Crippen LogP contribution is -2.24. The molecule has 0 aromatic heterocycles. The summed E-state index contributed by atoms with van der Waals surface area (Å²) in [4.78, 5) is 22.4. The third-order valence-corrected chi connectivity index (χ3v) is 3.15. The van der Waals surface area contributed by atoms with Crippen molar-refractivity contribution in [2.24, 2.45) is 0 Å². The zero-order valence-corrected chi connectivity index (χ0v) is 13.0. The Morgan fingerprint density at radius 2 is 1.95 bits per heavy atom. The van der Waals surface area contributed by atoms with E-state index in [0.29, 0.717) is 23.7 Å². The second-order valence-electron chi connectivity index (χ2n) is 5.47. The minimum Gasteiger partial charge on any atom is -0.326 e. The van der Waals surface area contributed by atoms with Gasteiger partial charge in [0.25, 0.3) is 5.69 Å². The number of hydrogen-bond acceptors (Lipinski definition) is 4. The lowest BCUT2D eigenvalue weighted by molar-refractivity contribution is -0.385. The van der Waals surface area contributed by atoms with Gasteiger partial charge < -0.3 is 10.6 Å². The molecule has 0 aliphatic heterocycles. The van der Waals surface area contributed by atoms with Gasteiger partial charge in [-0.3, -0.25) is 14.9 Å². The van der Waals surface area contributed by atoms with Gasteiger partial charge in [0.1, 0.15) is 0 Å². The summed E-state index contributed by atoms with van der Waals surface area (Å²) in [6, 6.07) is 3.54. The third kappa shape index (κ3) is 5.51. The third-order valence-electron chi connectivity index (χ3n) is 3.15. The van der Waals surface area contributed by atoms with Crippen LogP contribution in [0.4, 0.5) is 11.4 Å². The van der Waals surface area contributed by atoms with E-state index in [1.54, 1.807) is 13.0 Å². The first-order valence-electron chi connectivity index (χ1n) is 7.10. The molecule has 1 aromatic rings. The van der Waals surface area contributed by atoms with Gasteiger partial charge in [-0.05, 0) is 38.4 Å². The number of rotatable bonds is 7. The molecule has 0 fully saturated rings. The van der Waals surface area contributed by atoms with Crippen molar-refractivity contribution < 1.29 is 9.72 Å². The number of nitro groups is 1. The molecular formula is C15H23N3O3. The monoisotopic (exact) mass is 293 g/mol. The molecular weight excluding hydrogens is 270 g/mol. The molecule has 0 saturated heterocycles.